The lowest BCUT2D eigenvalue weighted by molar-refractivity contribution is 0.0950. The van der Waals surface area contributed by atoms with E-state index in [4.69, 9.17) is 10.6 Å². The number of halogens is 1. The van der Waals surface area contributed by atoms with Gasteiger partial charge in [0.1, 0.15) is 0 Å². The normalized spacial score (nSPS) is 9.64. The van der Waals surface area contributed by atoms with Crippen molar-refractivity contribution in [1.82, 2.24) is 5.43 Å². The summed E-state index contributed by atoms with van der Waals surface area (Å²) in [6, 6.07) is 2.99. The molecule has 1 aromatic rings. The van der Waals surface area contributed by atoms with Crippen LogP contribution in [0.3, 0.4) is 0 Å². The molecule has 0 saturated heterocycles. The van der Waals surface area contributed by atoms with E-state index in [0.717, 1.165) is 0 Å². The Bertz CT molecular complexity index is 368. The molecule has 76 valence electrons. The average molecular weight is 261 g/mol. The van der Waals surface area contributed by atoms with E-state index in [0.29, 0.717) is 4.47 Å². The lowest BCUT2D eigenvalue weighted by Crippen LogP contribution is -2.30. The Hall–Kier alpha value is -1.27. The fourth-order valence-electron chi connectivity index (χ4n) is 0.981. The maximum absolute atomic E-state index is 11.2. The second kappa shape index (κ2) is 4.30. The molecule has 0 saturated carbocycles. The number of amides is 1. The summed E-state index contributed by atoms with van der Waals surface area (Å²) in [5.74, 6) is 4.34. The number of nitrogens with one attached hydrogen (secondary N) is 1. The molecule has 0 atom stereocenters. The van der Waals surface area contributed by atoms with Gasteiger partial charge in [0.2, 0.25) is 0 Å². The summed E-state index contributed by atoms with van der Waals surface area (Å²) in [4.78, 5) is 11.2. The molecule has 0 aliphatic heterocycles. The first-order chi connectivity index (χ1) is 6.60. The van der Waals surface area contributed by atoms with E-state index < -0.39 is 5.91 Å². The summed E-state index contributed by atoms with van der Waals surface area (Å²) in [6.45, 7) is 0. The maximum atomic E-state index is 11.2. The molecule has 1 aromatic carbocycles. The smallest absolute Gasteiger partial charge is 0.269 e. The fourth-order valence-corrected chi connectivity index (χ4v) is 1.42. The third-order valence-electron chi connectivity index (χ3n) is 1.64. The molecule has 1 amide bonds. The van der Waals surface area contributed by atoms with Crippen molar-refractivity contribution < 1.29 is 14.6 Å². The Morgan fingerprint density at radius 3 is 2.79 bits per heavy atom. The minimum absolute atomic E-state index is 0.0544. The number of hydrogen-bond acceptors (Lipinski definition) is 4. The standard InChI is InChI=1S/C8H9BrN2O3/c1-14-6-3-4(9)2-5(7(6)12)8(13)11-10/h2-3,12H,10H2,1H3,(H,11,13). The SMILES string of the molecule is COc1cc(Br)cc(C(=O)NN)c1O. The van der Waals surface area contributed by atoms with Crippen molar-refractivity contribution in [2.75, 3.05) is 7.11 Å². The first-order valence-electron chi connectivity index (χ1n) is 3.67. The van der Waals surface area contributed by atoms with E-state index in [9.17, 15) is 9.90 Å². The number of nitrogen functional groups attached to an aromatic ring is 1. The molecule has 0 aliphatic rings. The summed E-state index contributed by atoms with van der Waals surface area (Å²) in [7, 11) is 1.39. The van der Waals surface area contributed by atoms with Crippen molar-refractivity contribution in [3.05, 3.63) is 22.2 Å². The minimum Gasteiger partial charge on any atom is -0.504 e. The molecular weight excluding hydrogens is 252 g/mol. The number of carbonyl (C=O) groups is 1. The number of nitrogens with two attached hydrogens (primary N) is 1. The topological polar surface area (TPSA) is 84.6 Å². The highest BCUT2D eigenvalue weighted by Crippen LogP contribution is 2.33. The molecule has 1 rings (SSSR count). The van der Waals surface area contributed by atoms with Gasteiger partial charge in [-0.3, -0.25) is 10.2 Å². The molecule has 4 N–H and O–H groups in total. The van der Waals surface area contributed by atoms with Gasteiger partial charge in [-0.2, -0.15) is 0 Å². The van der Waals surface area contributed by atoms with Gasteiger partial charge in [-0.1, -0.05) is 15.9 Å². The second-order valence-electron chi connectivity index (χ2n) is 2.48. The van der Waals surface area contributed by atoms with E-state index in [1.54, 1.807) is 6.07 Å². The molecule has 0 spiro atoms. The number of ether oxygens (including phenoxy) is 1. The van der Waals surface area contributed by atoms with Crippen LogP contribution >= 0.6 is 15.9 Å². The zero-order valence-electron chi connectivity index (χ0n) is 7.37. The fraction of sp³-hybridized carbons (Fsp3) is 0.125. The summed E-state index contributed by atoms with van der Waals surface area (Å²) in [5, 5.41) is 9.55. The highest BCUT2D eigenvalue weighted by Gasteiger charge is 2.15. The average Bonchev–Trinajstić information content (AvgIpc) is 2.19. The van der Waals surface area contributed by atoms with Crippen molar-refractivity contribution in [3.63, 3.8) is 0 Å². The molecular formula is C8H9BrN2O3. The van der Waals surface area contributed by atoms with Crippen molar-refractivity contribution in [3.8, 4) is 11.5 Å². The van der Waals surface area contributed by atoms with E-state index in [2.05, 4.69) is 15.9 Å². The molecule has 0 aliphatic carbocycles. The number of aromatic hydroxyl groups is 1. The zero-order valence-corrected chi connectivity index (χ0v) is 8.96. The Kier molecular flexibility index (Phi) is 3.32. The summed E-state index contributed by atoms with van der Waals surface area (Å²) in [6.07, 6.45) is 0. The van der Waals surface area contributed by atoms with Crippen LogP contribution in [0.25, 0.3) is 0 Å². The highest BCUT2D eigenvalue weighted by atomic mass is 79.9. The molecule has 0 aromatic heterocycles. The van der Waals surface area contributed by atoms with Gasteiger partial charge >= 0.3 is 0 Å². The predicted molar refractivity (Wildman–Crippen MR) is 54.0 cm³/mol. The minimum atomic E-state index is -0.581. The van der Waals surface area contributed by atoms with Crippen LogP contribution in [0.4, 0.5) is 0 Å². The Morgan fingerprint density at radius 2 is 2.29 bits per heavy atom. The maximum Gasteiger partial charge on any atom is 0.269 e. The lowest BCUT2D eigenvalue weighted by Gasteiger charge is -2.08. The first kappa shape index (κ1) is 10.8. The molecule has 6 heteroatoms. The Balaban J connectivity index is 3.29. The third kappa shape index (κ3) is 1.97. The van der Waals surface area contributed by atoms with Crippen LogP contribution < -0.4 is 16.0 Å². The third-order valence-corrected chi connectivity index (χ3v) is 2.09. The monoisotopic (exact) mass is 260 g/mol. The molecule has 0 unspecified atom stereocenters. The number of phenols is 1. The highest BCUT2D eigenvalue weighted by molar-refractivity contribution is 9.10. The van der Waals surface area contributed by atoms with Crippen LogP contribution in [0, 0.1) is 0 Å². The number of phenolic OH excluding ortho intramolecular Hbond substituents is 1. The number of hydrazine groups is 1. The summed E-state index contributed by atoms with van der Waals surface area (Å²) >= 11 is 3.17. The number of hydrogen-bond donors (Lipinski definition) is 3. The van der Waals surface area contributed by atoms with E-state index >= 15 is 0 Å². The molecule has 0 radical (unpaired) electrons. The van der Waals surface area contributed by atoms with Gasteiger partial charge in [0.05, 0.1) is 12.7 Å². The lowest BCUT2D eigenvalue weighted by atomic mass is 10.2. The van der Waals surface area contributed by atoms with Gasteiger partial charge in [-0.05, 0) is 12.1 Å². The summed E-state index contributed by atoms with van der Waals surface area (Å²) in [5.41, 5.74) is 1.98. The second-order valence-corrected chi connectivity index (χ2v) is 3.39. The first-order valence-corrected chi connectivity index (χ1v) is 4.47. The van der Waals surface area contributed by atoms with Gasteiger partial charge < -0.3 is 9.84 Å². The number of rotatable bonds is 2. The van der Waals surface area contributed by atoms with Crippen molar-refractivity contribution in [1.29, 1.82) is 0 Å². The number of benzene rings is 1. The van der Waals surface area contributed by atoms with Crippen LogP contribution in [-0.2, 0) is 0 Å². The van der Waals surface area contributed by atoms with Crippen LogP contribution in [0.15, 0.2) is 16.6 Å². The van der Waals surface area contributed by atoms with Crippen LogP contribution in [0.5, 0.6) is 11.5 Å². The zero-order chi connectivity index (χ0) is 10.7. The van der Waals surface area contributed by atoms with Gasteiger partial charge in [0.25, 0.3) is 5.91 Å². The largest absolute Gasteiger partial charge is 0.504 e. The molecule has 0 heterocycles. The Morgan fingerprint density at radius 1 is 1.64 bits per heavy atom. The van der Waals surface area contributed by atoms with Gasteiger partial charge in [-0.15, -0.1) is 0 Å². The number of methoxy groups -OCH3 is 1. The van der Waals surface area contributed by atoms with E-state index in [-0.39, 0.29) is 17.1 Å². The van der Waals surface area contributed by atoms with Gasteiger partial charge in [0.15, 0.2) is 11.5 Å². The molecule has 14 heavy (non-hydrogen) atoms. The summed E-state index contributed by atoms with van der Waals surface area (Å²) < 4.78 is 5.48. The van der Waals surface area contributed by atoms with Crippen LogP contribution in [-0.4, -0.2) is 18.1 Å². The molecule has 5 nitrogen and oxygen atoms in total. The van der Waals surface area contributed by atoms with Gasteiger partial charge in [-0.25, -0.2) is 5.84 Å². The number of carbonyl (C=O) groups excluding carboxylic acids is 1. The van der Waals surface area contributed by atoms with Gasteiger partial charge in [0, 0.05) is 4.47 Å². The van der Waals surface area contributed by atoms with Crippen molar-refractivity contribution >= 4 is 21.8 Å². The predicted octanol–water partition coefficient (Wildman–Crippen LogP) is 0.767. The molecule has 0 bridgehead atoms. The van der Waals surface area contributed by atoms with E-state index in [1.165, 1.54) is 13.2 Å². The van der Waals surface area contributed by atoms with E-state index in [1.807, 2.05) is 5.43 Å². The Labute approximate surface area is 89.0 Å². The molecule has 0 fully saturated rings. The van der Waals surface area contributed by atoms with Crippen molar-refractivity contribution in [2.24, 2.45) is 5.84 Å². The van der Waals surface area contributed by atoms with Crippen molar-refractivity contribution in [2.45, 2.75) is 0 Å². The van der Waals surface area contributed by atoms with Crippen LogP contribution in [0.1, 0.15) is 10.4 Å². The van der Waals surface area contributed by atoms with Crippen LogP contribution in [0.2, 0.25) is 0 Å². The quantitative estimate of drug-likeness (QED) is 0.417.